The molecule has 3 aromatic heterocycles. The number of pyridine rings is 1. The molecular weight excluding hydrogens is 518 g/mol. The minimum absolute atomic E-state index is 0.00796. The molecule has 0 aliphatic carbocycles. The molecule has 210 valence electrons. The minimum Gasteiger partial charge on any atom is -0.465 e. The monoisotopic (exact) mass is 551 g/mol. The number of benzene rings is 1. The summed E-state index contributed by atoms with van der Waals surface area (Å²) in [6.07, 6.45) is 5.00. The third-order valence-corrected chi connectivity index (χ3v) is 7.33. The van der Waals surface area contributed by atoms with Crippen molar-refractivity contribution in [3.8, 4) is 11.5 Å². The summed E-state index contributed by atoms with van der Waals surface area (Å²) in [6, 6.07) is 17.5. The highest BCUT2D eigenvalue weighted by atomic mass is 16.5. The normalized spacial score (nSPS) is 15.7. The van der Waals surface area contributed by atoms with E-state index < -0.39 is 0 Å². The third-order valence-electron chi connectivity index (χ3n) is 7.33. The molecule has 11 nitrogen and oxygen atoms in total. The number of aryl methyl sites for hydroxylation is 1. The Hall–Kier alpha value is -4.64. The van der Waals surface area contributed by atoms with Gasteiger partial charge in [-0.3, -0.25) is 4.79 Å². The molecule has 2 saturated heterocycles. The van der Waals surface area contributed by atoms with Gasteiger partial charge in [-0.25, -0.2) is 19.9 Å². The number of esters is 1. The maximum absolute atomic E-state index is 12.4. The predicted molar refractivity (Wildman–Crippen MR) is 157 cm³/mol. The summed E-state index contributed by atoms with van der Waals surface area (Å²) in [6.45, 7) is 6.03. The van der Waals surface area contributed by atoms with Crippen molar-refractivity contribution in [2.24, 2.45) is 11.8 Å². The summed E-state index contributed by atoms with van der Waals surface area (Å²) >= 11 is 0. The molecule has 4 aromatic rings. The maximum Gasteiger partial charge on any atom is 0.309 e. The van der Waals surface area contributed by atoms with Crippen molar-refractivity contribution in [3.05, 3.63) is 72.7 Å². The fourth-order valence-electron chi connectivity index (χ4n) is 4.88. The Morgan fingerprint density at radius 3 is 2.41 bits per heavy atom. The van der Waals surface area contributed by atoms with Gasteiger partial charge >= 0.3 is 5.97 Å². The molecule has 2 aliphatic rings. The molecule has 0 bridgehead atoms. The summed E-state index contributed by atoms with van der Waals surface area (Å²) in [5, 5.41) is 9.70. The van der Waals surface area contributed by atoms with Crippen LogP contribution in [0.5, 0.6) is 0 Å². The lowest BCUT2D eigenvalue weighted by Gasteiger charge is -2.33. The molecule has 41 heavy (non-hydrogen) atoms. The topological polar surface area (TPSA) is 130 Å². The van der Waals surface area contributed by atoms with Gasteiger partial charge in [0, 0.05) is 61.6 Å². The Kier molecular flexibility index (Phi) is 7.94. The van der Waals surface area contributed by atoms with Gasteiger partial charge in [0.05, 0.1) is 12.5 Å². The zero-order valence-electron chi connectivity index (χ0n) is 23.0. The van der Waals surface area contributed by atoms with Crippen LogP contribution < -0.4 is 20.9 Å². The van der Waals surface area contributed by atoms with Crippen molar-refractivity contribution in [1.82, 2.24) is 30.2 Å². The highest BCUT2D eigenvalue weighted by molar-refractivity contribution is 5.73. The van der Waals surface area contributed by atoms with E-state index in [1.807, 2.05) is 37.3 Å². The molecule has 5 heterocycles. The molecule has 1 aromatic carbocycles. The van der Waals surface area contributed by atoms with Crippen LogP contribution in [-0.4, -0.2) is 63.7 Å². The van der Waals surface area contributed by atoms with Gasteiger partial charge in [-0.1, -0.05) is 6.07 Å². The molecule has 3 N–H and O–H groups in total. The standard InChI is InChI=1S/C30H33N9O2/c1-20-3-2-4-25(34-20)28-32-13-9-26(37-28)36-27-10-14-33-30(38-27)35-23-5-7-24(8-6-23)39-15-11-22(12-16-39)29(40)41-19-21-17-31-18-21/h2-10,13-14,21-22,31H,11-12,15-19H2,1H3,(H2,32,33,35,36,37,38). The van der Waals surface area contributed by atoms with Gasteiger partial charge in [0.25, 0.3) is 0 Å². The molecule has 0 amide bonds. The van der Waals surface area contributed by atoms with Crippen LogP contribution >= 0.6 is 0 Å². The van der Waals surface area contributed by atoms with E-state index in [1.165, 1.54) is 0 Å². The van der Waals surface area contributed by atoms with Crippen molar-refractivity contribution in [1.29, 1.82) is 0 Å². The van der Waals surface area contributed by atoms with Crippen LogP contribution in [0.15, 0.2) is 67.0 Å². The summed E-state index contributed by atoms with van der Waals surface area (Å²) < 4.78 is 5.54. The van der Waals surface area contributed by atoms with Crippen LogP contribution in [0.2, 0.25) is 0 Å². The predicted octanol–water partition coefficient (Wildman–Crippen LogP) is 4.10. The average Bonchev–Trinajstić information content (AvgIpc) is 2.97. The molecule has 2 aliphatic heterocycles. The molecule has 0 spiro atoms. The Balaban J connectivity index is 1.03. The van der Waals surface area contributed by atoms with Gasteiger partial charge < -0.3 is 25.6 Å². The maximum atomic E-state index is 12.4. The van der Waals surface area contributed by atoms with Crippen LogP contribution in [0.4, 0.5) is 29.0 Å². The van der Waals surface area contributed by atoms with Crippen molar-refractivity contribution in [2.45, 2.75) is 19.8 Å². The SMILES string of the molecule is Cc1cccc(-c2nccc(Nc3ccnc(Nc4ccc(N5CCC(C(=O)OCC6CNC6)CC5)cc4)n3)n2)n1. The Morgan fingerprint density at radius 2 is 1.68 bits per heavy atom. The number of hydrogen-bond acceptors (Lipinski definition) is 11. The molecule has 6 rings (SSSR count). The first-order valence-corrected chi connectivity index (χ1v) is 14.0. The van der Waals surface area contributed by atoms with E-state index in [9.17, 15) is 4.79 Å². The third kappa shape index (κ3) is 6.75. The van der Waals surface area contributed by atoms with Gasteiger partial charge in [0.15, 0.2) is 5.82 Å². The Labute approximate surface area is 238 Å². The Bertz CT molecular complexity index is 1490. The fraction of sp³-hybridized carbons (Fsp3) is 0.333. The van der Waals surface area contributed by atoms with E-state index >= 15 is 0 Å². The van der Waals surface area contributed by atoms with Crippen LogP contribution in [0.1, 0.15) is 18.5 Å². The van der Waals surface area contributed by atoms with E-state index in [0.717, 1.165) is 56.1 Å². The van der Waals surface area contributed by atoms with Crippen LogP contribution in [0, 0.1) is 18.8 Å². The number of carbonyl (C=O) groups excluding carboxylic acids is 1. The molecular formula is C30H33N9O2. The number of anilines is 5. The van der Waals surface area contributed by atoms with E-state index in [-0.39, 0.29) is 11.9 Å². The largest absolute Gasteiger partial charge is 0.465 e. The number of nitrogens with zero attached hydrogens (tertiary/aromatic N) is 6. The minimum atomic E-state index is -0.0451. The van der Waals surface area contributed by atoms with Crippen molar-refractivity contribution < 1.29 is 9.53 Å². The van der Waals surface area contributed by atoms with E-state index in [4.69, 9.17) is 4.74 Å². The van der Waals surface area contributed by atoms with Gasteiger partial charge in [-0.05, 0) is 68.3 Å². The van der Waals surface area contributed by atoms with Crippen molar-refractivity contribution in [3.63, 3.8) is 0 Å². The van der Waals surface area contributed by atoms with Crippen LogP contribution in [0.3, 0.4) is 0 Å². The number of aromatic nitrogens is 5. The first kappa shape index (κ1) is 26.6. The molecule has 11 heteroatoms. The second kappa shape index (κ2) is 12.3. The van der Waals surface area contributed by atoms with Crippen LogP contribution in [0.25, 0.3) is 11.5 Å². The first-order chi connectivity index (χ1) is 20.1. The average molecular weight is 552 g/mol. The lowest BCUT2D eigenvalue weighted by molar-refractivity contribution is -0.151. The van der Waals surface area contributed by atoms with E-state index in [0.29, 0.717) is 41.6 Å². The lowest BCUT2D eigenvalue weighted by atomic mass is 9.96. The van der Waals surface area contributed by atoms with Gasteiger partial charge in [0.2, 0.25) is 5.95 Å². The summed E-state index contributed by atoms with van der Waals surface area (Å²) in [5.41, 5.74) is 3.63. The summed E-state index contributed by atoms with van der Waals surface area (Å²) in [4.78, 5) is 37.1. The quantitative estimate of drug-likeness (QED) is 0.260. The molecule has 0 unspecified atom stereocenters. The van der Waals surface area contributed by atoms with Gasteiger partial charge in [-0.15, -0.1) is 0 Å². The second-order valence-corrected chi connectivity index (χ2v) is 10.4. The fourth-order valence-corrected chi connectivity index (χ4v) is 4.88. The second-order valence-electron chi connectivity index (χ2n) is 10.4. The highest BCUT2D eigenvalue weighted by Gasteiger charge is 2.28. The van der Waals surface area contributed by atoms with Gasteiger partial charge in [0.1, 0.15) is 17.3 Å². The summed E-state index contributed by atoms with van der Waals surface area (Å²) in [5.74, 6) is 2.64. The molecule has 0 radical (unpaired) electrons. The number of carbonyl (C=O) groups is 1. The zero-order valence-corrected chi connectivity index (χ0v) is 23.0. The van der Waals surface area contributed by atoms with E-state index in [2.05, 4.69) is 57.9 Å². The number of piperidine rings is 1. The van der Waals surface area contributed by atoms with Crippen molar-refractivity contribution in [2.75, 3.05) is 48.3 Å². The number of hydrogen-bond donors (Lipinski definition) is 3. The number of rotatable bonds is 9. The summed E-state index contributed by atoms with van der Waals surface area (Å²) in [7, 11) is 0. The van der Waals surface area contributed by atoms with Crippen LogP contribution in [-0.2, 0) is 9.53 Å². The highest BCUT2D eigenvalue weighted by Crippen LogP contribution is 2.26. The zero-order chi connectivity index (χ0) is 28.0. The molecule has 2 fully saturated rings. The lowest BCUT2D eigenvalue weighted by Crippen LogP contribution is -2.45. The molecule has 0 saturated carbocycles. The van der Waals surface area contributed by atoms with Crippen molar-refractivity contribution >= 4 is 34.9 Å². The van der Waals surface area contributed by atoms with E-state index in [1.54, 1.807) is 24.5 Å². The van der Waals surface area contributed by atoms with Gasteiger partial charge in [-0.2, -0.15) is 4.98 Å². The smallest absolute Gasteiger partial charge is 0.309 e. The number of nitrogens with one attached hydrogen (secondary N) is 3. The first-order valence-electron chi connectivity index (χ1n) is 14.0. The Morgan fingerprint density at radius 1 is 0.927 bits per heavy atom. The molecule has 0 atom stereocenters. The number of ether oxygens (including phenoxy) is 1.